The first kappa shape index (κ1) is 47.1. The minimum absolute atomic E-state index is 0.0432. The van der Waals surface area contributed by atoms with E-state index in [9.17, 15) is 43.7 Å². The normalized spacial score (nSPS) is 20.7. The van der Waals surface area contributed by atoms with Crippen molar-refractivity contribution in [3.63, 3.8) is 0 Å². The van der Waals surface area contributed by atoms with Crippen molar-refractivity contribution in [1.82, 2.24) is 0 Å². The lowest BCUT2D eigenvalue weighted by atomic mass is 9.75. The average Bonchev–Trinajstić information content (AvgIpc) is 3.50. The summed E-state index contributed by atoms with van der Waals surface area (Å²) in [6, 6.07) is 10.4. The molecule has 13 nitrogen and oxygen atoms in total. The van der Waals surface area contributed by atoms with E-state index in [2.05, 4.69) is 36.0 Å². The van der Waals surface area contributed by atoms with Gasteiger partial charge in [-0.05, 0) is 101 Å². The van der Waals surface area contributed by atoms with Crippen LogP contribution >= 0.6 is 12.6 Å². The van der Waals surface area contributed by atoms with E-state index >= 15 is 0 Å². The third-order valence-corrected chi connectivity index (χ3v) is 13.7. The summed E-state index contributed by atoms with van der Waals surface area (Å²) in [4.78, 5) is 13.9. The van der Waals surface area contributed by atoms with Gasteiger partial charge in [0.05, 0.1) is 21.8 Å². The van der Waals surface area contributed by atoms with Gasteiger partial charge in [0.2, 0.25) is 5.69 Å². The van der Waals surface area contributed by atoms with Crippen LogP contribution < -0.4 is 4.90 Å². The van der Waals surface area contributed by atoms with Gasteiger partial charge in [-0.1, -0.05) is 43.2 Å². The van der Waals surface area contributed by atoms with Gasteiger partial charge in [0.1, 0.15) is 6.54 Å². The van der Waals surface area contributed by atoms with Gasteiger partial charge >= 0.3 is 5.97 Å². The molecule has 0 spiro atoms. The molecular weight excluding hydrogens is 825 g/mol. The lowest BCUT2D eigenvalue weighted by Gasteiger charge is -2.30. The number of anilines is 1. The zero-order valence-corrected chi connectivity index (χ0v) is 36.5. The topological polar surface area (TPSA) is 207 Å². The number of fused-ring (bicyclic) bond motifs is 2. The molecule has 0 aromatic heterocycles. The Morgan fingerprint density at radius 2 is 1.38 bits per heavy atom. The monoisotopic (exact) mass is 879 g/mol. The molecule has 0 fully saturated rings. The van der Waals surface area contributed by atoms with Gasteiger partial charge in [-0.25, -0.2) is 0 Å². The molecule has 4 N–H and O–H groups in total. The number of carboxylic acid groups (broad SMARTS) is 1. The van der Waals surface area contributed by atoms with Crippen LogP contribution in [0.1, 0.15) is 96.1 Å². The van der Waals surface area contributed by atoms with Gasteiger partial charge in [-0.3, -0.25) is 18.5 Å². The Morgan fingerprint density at radius 3 is 1.98 bits per heavy atom. The molecule has 0 saturated heterocycles. The first-order chi connectivity index (χ1) is 27.1. The van der Waals surface area contributed by atoms with Gasteiger partial charge in [-0.15, -0.1) is 12.6 Å². The Labute approximate surface area is 348 Å². The predicted molar refractivity (Wildman–Crippen MR) is 230 cm³/mol. The average molecular weight is 880 g/mol. The number of hydrogen-bond donors (Lipinski definition) is 5. The SMILES string of the molecule is CCN1C(=CC=CC=CC=CC2=[N+](CCCCCC(=O)O)c3ccc(S(=O)(=O)O)cc3C2(C)CCCCS(=O)(=O)O)C(C)(CCCCS(=O)(=O)O)c2cc(S)ccc21. The van der Waals surface area contributed by atoms with Crippen LogP contribution in [0.15, 0.2) is 94.4 Å². The zero-order chi connectivity index (χ0) is 42.9. The maximum Gasteiger partial charge on any atom is 0.303 e. The standard InChI is InChI=1S/C41H54N2O11S4/c1-4-42-35-22-20-31(55)29-33(35)40(2,24-12-15-27-56(46,47)48)37(42)17-9-6-5-7-10-18-38-41(3,25-13-16-28-57(49,50)51)34-30-32(58(52,53)54)21-23-36(34)43(38)26-14-8-11-19-39(44)45/h5-7,9-10,17-18,20-23,29-30H,4,8,11-16,19,24-28H2,1-3H3,(H4-,44,45,46,47,48,49,50,51,52,53,54,55)/p+1. The highest BCUT2D eigenvalue weighted by molar-refractivity contribution is 7.86. The molecule has 0 bridgehead atoms. The Kier molecular flexibility index (Phi) is 16.0. The number of aliphatic carboxylic acids is 1. The van der Waals surface area contributed by atoms with Gasteiger partial charge in [0.15, 0.2) is 5.71 Å². The van der Waals surface area contributed by atoms with E-state index in [0.29, 0.717) is 70.0 Å². The van der Waals surface area contributed by atoms with E-state index in [0.717, 1.165) is 33.2 Å². The fourth-order valence-electron chi connectivity index (χ4n) is 8.08. The van der Waals surface area contributed by atoms with Crippen molar-refractivity contribution in [1.29, 1.82) is 0 Å². The van der Waals surface area contributed by atoms with Crippen molar-refractivity contribution >= 4 is 66.0 Å². The fraction of sp³-hybridized carbons (Fsp3) is 0.463. The van der Waals surface area contributed by atoms with Gasteiger partial charge in [0.25, 0.3) is 30.4 Å². The molecule has 0 aliphatic carbocycles. The molecule has 2 atom stereocenters. The third kappa shape index (κ3) is 12.2. The third-order valence-electron chi connectivity index (χ3n) is 10.9. The van der Waals surface area contributed by atoms with Gasteiger partial charge < -0.3 is 10.0 Å². The molecule has 0 saturated carbocycles. The largest absolute Gasteiger partial charge is 0.481 e. The van der Waals surface area contributed by atoms with E-state index in [1.54, 1.807) is 6.07 Å². The summed E-state index contributed by atoms with van der Waals surface area (Å²) in [6.45, 7) is 7.33. The summed E-state index contributed by atoms with van der Waals surface area (Å²) in [7, 11) is -12.8. The van der Waals surface area contributed by atoms with Crippen LogP contribution in [-0.2, 0) is 46.0 Å². The van der Waals surface area contributed by atoms with E-state index in [4.69, 9.17) is 5.11 Å². The van der Waals surface area contributed by atoms with E-state index in [1.165, 1.54) is 12.1 Å². The van der Waals surface area contributed by atoms with Crippen molar-refractivity contribution in [3.8, 4) is 0 Å². The number of likely N-dealkylation sites (N-methyl/N-ethyl adjacent to an activating group) is 1. The number of carboxylic acids is 1. The summed E-state index contributed by atoms with van der Waals surface area (Å²) < 4.78 is 101. The molecular formula is C41H55N2O11S4+. The minimum Gasteiger partial charge on any atom is -0.481 e. The van der Waals surface area contributed by atoms with Crippen molar-refractivity contribution in [3.05, 3.63) is 95.8 Å². The van der Waals surface area contributed by atoms with Crippen LogP contribution in [0.2, 0.25) is 0 Å². The predicted octanol–water partition coefficient (Wildman–Crippen LogP) is 7.69. The summed E-state index contributed by atoms with van der Waals surface area (Å²) in [5.41, 5.74) is 4.11. The first-order valence-corrected chi connectivity index (χ1v) is 24.4. The van der Waals surface area contributed by atoms with Crippen molar-refractivity contribution in [2.24, 2.45) is 0 Å². The van der Waals surface area contributed by atoms with Crippen LogP contribution in [0.4, 0.5) is 11.4 Å². The summed E-state index contributed by atoms with van der Waals surface area (Å²) >= 11 is 4.59. The van der Waals surface area contributed by atoms with Crippen LogP contribution in [0, 0.1) is 0 Å². The lowest BCUT2D eigenvalue weighted by molar-refractivity contribution is -0.438. The highest BCUT2D eigenvalue weighted by Gasteiger charge is 2.48. The quantitative estimate of drug-likeness (QED) is 0.0254. The molecule has 2 unspecified atom stereocenters. The highest BCUT2D eigenvalue weighted by Crippen LogP contribution is 2.51. The summed E-state index contributed by atoms with van der Waals surface area (Å²) in [5.74, 6) is -1.60. The zero-order valence-electron chi connectivity index (χ0n) is 33.1. The second-order valence-corrected chi connectivity index (χ2v) is 20.3. The molecule has 4 rings (SSSR count). The molecule has 2 aliphatic heterocycles. The summed E-state index contributed by atoms with van der Waals surface area (Å²) in [5, 5.41) is 9.10. The number of rotatable bonds is 22. The van der Waals surface area contributed by atoms with Gasteiger partial charge in [0, 0.05) is 58.8 Å². The number of unbranched alkanes of at least 4 members (excludes halogenated alkanes) is 4. The maximum absolute atomic E-state index is 12.2. The van der Waals surface area contributed by atoms with Crippen LogP contribution in [0.5, 0.6) is 0 Å². The van der Waals surface area contributed by atoms with Crippen LogP contribution in [-0.4, -0.2) is 84.9 Å². The molecule has 2 heterocycles. The molecule has 17 heteroatoms. The number of carbonyl (C=O) groups is 1. The number of thiol groups is 1. The van der Waals surface area contributed by atoms with Crippen molar-refractivity contribution < 1.29 is 53.4 Å². The van der Waals surface area contributed by atoms with Crippen molar-refractivity contribution in [2.75, 3.05) is 29.5 Å². The maximum atomic E-state index is 12.2. The Balaban J connectivity index is 1.66. The summed E-state index contributed by atoms with van der Waals surface area (Å²) in [6.07, 6.45) is 17.7. The smallest absolute Gasteiger partial charge is 0.303 e. The number of hydrogen-bond acceptors (Lipinski definition) is 9. The Bertz CT molecular complexity index is 2330. The van der Waals surface area contributed by atoms with Gasteiger partial charge in [-0.2, -0.15) is 29.8 Å². The molecule has 58 heavy (non-hydrogen) atoms. The molecule has 318 valence electrons. The van der Waals surface area contributed by atoms with Crippen molar-refractivity contribution in [2.45, 2.75) is 106 Å². The minimum atomic E-state index is -4.54. The number of nitrogens with zero attached hydrogens (tertiary/aromatic N) is 2. The molecule has 2 aromatic rings. The molecule has 2 aromatic carbocycles. The van der Waals surface area contributed by atoms with E-state index in [1.807, 2.05) is 67.7 Å². The number of allylic oxidation sites excluding steroid dienone is 8. The lowest BCUT2D eigenvalue weighted by Crippen LogP contribution is -2.31. The fourth-order valence-corrected chi connectivity index (χ4v) is 9.92. The van der Waals surface area contributed by atoms with E-state index in [-0.39, 0.29) is 23.5 Å². The number of benzene rings is 2. The second kappa shape index (κ2) is 19.7. The molecule has 2 aliphatic rings. The Morgan fingerprint density at radius 1 is 0.759 bits per heavy atom. The Hall–Kier alpha value is -3.58. The first-order valence-electron chi connectivity index (χ1n) is 19.3. The second-order valence-electron chi connectivity index (χ2n) is 15.2. The molecule has 0 radical (unpaired) electrons. The highest BCUT2D eigenvalue weighted by atomic mass is 32.2. The van der Waals surface area contributed by atoms with Crippen LogP contribution in [0.25, 0.3) is 0 Å². The molecule has 0 amide bonds. The van der Waals surface area contributed by atoms with E-state index < -0.39 is 52.9 Å². The van der Waals surface area contributed by atoms with Crippen LogP contribution in [0.3, 0.4) is 0 Å².